The van der Waals surface area contributed by atoms with Crippen LogP contribution in [0.4, 0.5) is 11.4 Å². The van der Waals surface area contributed by atoms with Crippen molar-refractivity contribution in [3.05, 3.63) is 72.8 Å². The average Bonchev–Trinajstić information content (AvgIpc) is 2.56. The second-order valence-corrected chi connectivity index (χ2v) is 5.94. The summed E-state index contributed by atoms with van der Waals surface area (Å²) < 4.78 is 0. The van der Waals surface area contributed by atoms with E-state index in [1.165, 1.54) is 4.90 Å². The number of amides is 1. The second-order valence-electron chi connectivity index (χ2n) is 4.84. The van der Waals surface area contributed by atoms with E-state index in [4.69, 9.17) is 23.2 Å². The number of hydrogen-bond acceptors (Lipinski definition) is 1. The highest BCUT2D eigenvalue weighted by Crippen LogP contribution is 2.30. The van der Waals surface area contributed by atoms with Crippen LogP contribution in [-0.4, -0.2) is 10.7 Å². The second kappa shape index (κ2) is 6.39. The molecule has 0 aromatic heterocycles. The van der Waals surface area contributed by atoms with Gasteiger partial charge >= 0.3 is 0 Å². The van der Waals surface area contributed by atoms with Crippen LogP contribution in [0.2, 0.25) is 0 Å². The van der Waals surface area contributed by atoms with Gasteiger partial charge in [-0.2, -0.15) is 0 Å². The van der Waals surface area contributed by atoms with Crippen molar-refractivity contribution < 1.29 is 4.79 Å². The van der Waals surface area contributed by atoms with Gasteiger partial charge in [-0.15, -0.1) is 0 Å². The molecule has 3 aromatic rings. The minimum Gasteiger partial charge on any atom is -0.279 e. The van der Waals surface area contributed by atoms with Crippen molar-refractivity contribution >= 4 is 51.3 Å². The molecule has 0 aliphatic rings. The van der Waals surface area contributed by atoms with E-state index < -0.39 is 4.84 Å². The van der Waals surface area contributed by atoms with Crippen LogP contribution in [0.5, 0.6) is 0 Å². The molecule has 0 aliphatic carbocycles. The van der Waals surface area contributed by atoms with E-state index in [1.807, 2.05) is 72.8 Å². The standard InChI is InChI=1S/C18H13Cl2NO/c19-17(20)18(22)21(15-8-2-1-3-9-15)16-11-10-13-6-4-5-7-14(13)12-16/h1-12,17H. The molecular formula is C18H13Cl2NO. The predicted molar refractivity (Wildman–Crippen MR) is 93.0 cm³/mol. The SMILES string of the molecule is O=C(C(Cl)Cl)N(c1ccccc1)c1ccc2ccccc2c1. The number of hydrogen-bond donors (Lipinski definition) is 0. The molecule has 0 heterocycles. The van der Waals surface area contributed by atoms with E-state index in [9.17, 15) is 4.79 Å². The lowest BCUT2D eigenvalue weighted by Crippen LogP contribution is -2.30. The smallest absolute Gasteiger partial charge is 0.264 e. The number of carbonyl (C=O) groups excluding carboxylic acids is 1. The van der Waals surface area contributed by atoms with E-state index in [-0.39, 0.29) is 5.91 Å². The fraction of sp³-hybridized carbons (Fsp3) is 0.0556. The number of carbonyl (C=O) groups is 1. The van der Waals surface area contributed by atoms with E-state index in [2.05, 4.69) is 0 Å². The van der Waals surface area contributed by atoms with E-state index in [1.54, 1.807) is 0 Å². The monoisotopic (exact) mass is 329 g/mol. The number of alkyl halides is 2. The molecule has 3 rings (SSSR count). The first kappa shape index (κ1) is 14.9. The Hall–Kier alpha value is -2.03. The Balaban J connectivity index is 2.13. The van der Waals surface area contributed by atoms with Crippen LogP contribution in [0, 0.1) is 0 Å². The Morgan fingerprint density at radius 3 is 2.09 bits per heavy atom. The molecule has 3 aromatic carbocycles. The number of fused-ring (bicyclic) bond motifs is 1. The number of para-hydroxylation sites is 1. The van der Waals surface area contributed by atoms with Gasteiger partial charge in [-0.3, -0.25) is 9.69 Å². The highest BCUT2D eigenvalue weighted by Gasteiger charge is 2.23. The minimum atomic E-state index is -1.12. The molecule has 1 amide bonds. The molecule has 0 radical (unpaired) electrons. The lowest BCUT2D eigenvalue weighted by Gasteiger charge is -2.24. The Kier molecular flexibility index (Phi) is 4.32. The van der Waals surface area contributed by atoms with Crippen molar-refractivity contribution in [1.29, 1.82) is 0 Å². The van der Waals surface area contributed by atoms with E-state index in [0.29, 0.717) is 0 Å². The third-order valence-electron chi connectivity index (χ3n) is 3.41. The zero-order chi connectivity index (χ0) is 15.5. The zero-order valence-electron chi connectivity index (χ0n) is 11.6. The molecule has 0 bridgehead atoms. The maximum atomic E-state index is 12.4. The van der Waals surface area contributed by atoms with Gasteiger partial charge in [0.1, 0.15) is 0 Å². The van der Waals surface area contributed by atoms with Gasteiger partial charge in [0.2, 0.25) is 0 Å². The number of benzene rings is 3. The summed E-state index contributed by atoms with van der Waals surface area (Å²) in [5.74, 6) is -0.371. The van der Waals surface area contributed by atoms with Crippen molar-refractivity contribution in [2.45, 2.75) is 4.84 Å². The van der Waals surface area contributed by atoms with Crippen LogP contribution < -0.4 is 4.90 Å². The summed E-state index contributed by atoms with van der Waals surface area (Å²) in [6.45, 7) is 0. The lowest BCUT2D eigenvalue weighted by molar-refractivity contribution is -0.116. The summed E-state index contributed by atoms with van der Waals surface area (Å²) in [5, 5.41) is 2.16. The Morgan fingerprint density at radius 1 is 0.773 bits per heavy atom. The van der Waals surface area contributed by atoms with Gasteiger partial charge in [-0.05, 0) is 35.0 Å². The molecule has 0 atom stereocenters. The van der Waals surface area contributed by atoms with Gasteiger partial charge in [-0.25, -0.2) is 0 Å². The van der Waals surface area contributed by atoms with Gasteiger partial charge in [0.05, 0.1) is 0 Å². The molecule has 22 heavy (non-hydrogen) atoms. The summed E-state index contributed by atoms with van der Waals surface area (Å²) in [6, 6.07) is 23.1. The zero-order valence-corrected chi connectivity index (χ0v) is 13.1. The average molecular weight is 330 g/mol. The summed E-state index contributed by atoms with van der Waals surface area (Å²) in [6.07, 6.45) is 0. The molecule has 2 nitrogen and oxygen atoms in total. The van der Waals surface area contributed by atoms with Crippen molar-refractivity contribution in [2.24, 2.45) is 0 Å². The molecule has 4 heteroatoms. The highest BCUT2D eigenvalue weighted by atomic mass is 35.5. The van der Waals surface area contributed by atoms with Crippen LogP contribution in [0.1, 0.15) is 0 Å². The van der Waals surface area contributed by atoms with E-state index >= 15 is 0 Å². The van der Waals surface area contributed by atoms with Crippen LogP contribution >= 0.6 is 23.2 Å². The Morgan fingerprint density at radius 2 is 1.41 bits per heavy atom. The van der Waals surface area contributed by atoms with Crippen LogP contribution in [0.3, 0.4) is 0 Å². The molecular weight excluding hydrogens is 317 g/mol. The summed E-state index contributed by atoms with van der Waals surface area (Å²) in [5.41, 5.74) is 1.47. The number of anilines is 2. The summed E-state index contributed by atoms with van der Waals surface area (Å²) >= 11 is 11.6. The van der Waals surface area contributed by atoms with Crippen molar-refractivity contribution in [1.82, 2.24) is 0 Å². The van der Waals surface area contributed by atoms with Crippen LogP contribution in [-0.2, 0) is 4.79 Å². The quantitative estimate of drug-likeness (QED) is 0.596. The molecule has 0 saturated carbocycles. The Bertz CT molecular complexity index is 802. The fourth-order valence-corrected chi connectivity index (χ4v) is 2.59. The molecule has 0 N–H and O–H groups in total. The largest absolute Gasteiger partial charge is 0.279 e. The normalized spacial score (nSPS) is 10.9. The van der Waals surface area contributed by atoms with Gasteiger partial charge in [0.25, 0.3) is 5.91 Å². The minimum absolute atomic E-state index is 0.371. The van der Waals surface area contributed by atoms with Crippen molar-refractivity contribution in [3.63, 3.8) is 0 Å². The van der Waals surface area contributed by atoms with Gasteiger partial charge < -0.3 is 0 Å². The van der Waals surface area contributed by atoms with Crippen LogP contribution in [0.15, 0.2) is 72.8 Å². The van der Waals surface area contributed by atoms with Crippen molar-refractivity contribution in [2.75, 3.05) is 4.90 Å². The molecule has 0 aliphatic heterocycles. The number of rotatable bonds is 3. The van der Waals surface area contributed by atoms with E-state index in [0.717, 1.165) is 22.1 Å². The maximum absolute atomic E-state index is 12.4. The van der Waals surface area contributed by atoms with Crippen molar-refractivity contribution in [3.8, 4) is 0 Å². The van der Waals surface area contributed by atoms with Gasteiger partial charge in [0.15, 0.2) is 4.84 Å². The van der Waals surface area contributed by atoms with Gasteiger partial charge in [0, 0.05) is 11.4 Å². The number of halogens is 2. The van der Waals surface area contributed by atoms with Gasteiger partial charge in [-0.1, -0.05) is 71.7 Å². The highest BCUT2D eigenvalue weighted by molar-refractivity contribution is 6.55. The third-order valence-corrected chi connectivity index (χ3v) is 3.79. The predicted octanol–water partition coefficient (Wildman–Crippen LogP) is 5.31. The molecule has 110 valence electrons. The maximum Gasteiger partial charge on any atom is 0.264 e. The molecule has 0 unspecified atom stereocenters. The fourth-order valence-electron chi connectivity index (χ4n) is 2.39. The third kappa shape index (κ3) is 2.94. The Labute approximate surface area is 138 Å². The lowest BCUT2D eigenvalue weighted by atomic mass is 10.1. The molecule has 0 fully saturated rings. The van der Waals surface area contributed by atoms with Crippen LogP contribution in [0.25, 0.3) is 10.8 Å². The molecule has 0 spiro atoms. The summed E-state index contributed by atoms with van der Waals surface area (Å²) in [7, 11) is 0. The first-order chi connectivity index (χ1) is 10.7. The number of nitrogens with zero attached hydrogens (tertiary/aromatic N) is 1. The first-order valence-electron chi connectivity index (χ1n) is 6.83. The topological polar surface area (TPSA) is 20.3 Å². The molecule has 0 saturated heterocycles. The summed E-state index contributed by atoms with van der Waals surface area (Å²) in [4.78, 5) is 12.9. The first-order valence-corrected chi connectivity index (χ1v) is 7.70.